The van der Waals surface area contributed by atoms with Crippen LogP contribution in [0.15, 0.2) is 12.2 Å². The summed E-state index contributed by atoms with van der Waals surface area (Å²) in [6.07, 6.45) is 28.4. The molecule has 5 nitrogen and oxygen atoms in total. The number of carboxylic acids is 1. The first kappa shape index (κ1) is 32.6. The number of hydrogen-bond acceptors (Lipinski definition) is 2. The zero-order valence-corrected chi connectivity index (χ0v) is 22.9. The van der Waals surface area contributed by atoms with Gasteiger partial charge in [-0.3, -0.25) is 4.79 Å². The van der Waals surface area contributed by atoms with Gasteiger partial charge in [0.05, 0.1) is 20.6 Å². The van der Waals surface area contributed by atoms with Gasteiger partial charge in [-0.1, -0.05) is 96.1 Å². The van der Waals surface area contributed by atoms with Gasteiger partial charge < -0.3 is 14.9 Å². The minimum absolute atomic E-state index is 0.116. The number of unbranched alkanes of at least 4 members (excludes halogenated alkanes) is 15. The molecule has 0 unspecified atom stereocenters. The highest BCUT2D eigenvalue weighted by Gasteiger charge is 2.18. The second-order valence-corrected chi connectivity index (χ2v) is 10.7. The average molecular weight is 482 g/mol. The molecule has 0 saturated heterocycles. The van der Waals surface area contributed by atoms with E-state index in [9.17, 15) is 9.59 Å². The van der Waals surface area contributed by atoms with Crippen LogP contribution in [0.5, 0.6) is 0 Å². The van der Waals surface area contributed by atoms with Crippen molar-refractivity contribution in [3.05, 3.63) is 12.2 Å². The molecule has 0 spiro atoms. The fourth-order valence-electron chi connectivity index (χ4n) is 4.33. The lowest BCUT2D eigenvalue weighted by atomic mass is 10.1. The van der Waals surface area contributed by atoms with Gasteiger partial charge >= 0.3 is 5.97 Å². The van der Waals surface area contributed by atoms with Crippen molar-refractivity contribution in [3.8, 4) is 0 Å². The minimum Gasteiger partial charge on any atom is -0.477 e. The van der Waals surface area contributed by atoms with Crippen LogP contribution in [0.4, 0.5) is 0 Å². The summed E-state index contributed by atoms with van der Waals surface area (Å²) >= 11 is 0. The van der Waals surface area contributed by atoms with Crippen LogP contribution >= 0.6 is 0 Å². The van der Waals surface area contributed by atoms with Crippen molar-refractivity contribution in [2.75, 3.05) is 33.7 Å². The first-order valence-electron chi connectivity index (χ1n) is 14.3. The Balaban J connectivity index is 3.32. The first-order valence-corrected chi connectivity index (χ1v) is 14.3. The highest BCUT2D eigenvalue weighted by molar-refractivity contribution is 5.75. The average Bonchev–Trinajstić information content (AvgIpc) is 2.77. The molecule has 5 heteroatoms. The Bertz CT molecular complexity index is 518. The Morgan fingerprint density at radius 2 is 1.18 bits per heavy atom. The largest absolute Gasteiger partial charge is 0.477 e. The van der Waals surface area contributed by atoms with Crippen LogP contribution in [-0.2, 0) is 9.59 Å². The molecular weight excluding hydrogens is 424 g/mol. The summed E-state index contributed by atoms with van der Waals surface area (Å²) in [6.45, 7) is 3.77. The third kappa shape index (κ3) is 25.3. The van der Waals surface area contributed by atoms with Gasteiger partial charge in [-0.15, -0.1) is 0 Å². The number of allylic oxidation sites excluding steroid dienone is 2. The van der Waals surface area contributed by atoms with Gasteiger partial charge in [0.2, 0.25) is 5.91 Å². The smallest absolute Gasteiger partial charge is 0.359 e. The number of rotatable bonds is 25. The number of carboxylic acid groups (broad SMARTS) is 1. The van der Waals surface area contributed by atoms with Gasteiger partial charge in [0.1, 0.15) is 0 Å². The Morgan fingerprint density at radius 3 is 1.68 bits per heavy atom. The molecule has 0 radical (unpaired) electrons. The summed E-state index contributed by atoms with van der Waals surface area (Å²) < 4.78 is 0.446. The first-order chi connectivity index (χ1) is 16.4. The van der Waals surface area contributed by atoms with E-state index in [2.05, 4.69) is 24.4 Å². The van der Waals surface area contributed by atoms with E-state index in [1.807, 2.05) is 14.1 Å². The third-order valence-electron chi connectivity index (χ3n) is 6.49. The second-order valence-electron chi connectivity index (χ2n) is 10.7. The minimum atomic E-state index is -0.782. The number of likely N-dealkylation sites (N-methyl/N-ethyl adjacent to an activating group) is 1. The lowest BCUT2D eigenvalue weighted by Crippen LogP contribution is -2.45. The van der Waals surface area contributed by atoms with Crippen molar-refractivity contribution >= 4 is 11.9 Å². The van der Waals surface area contributed by atoms with Crippen LogP contribution in [0.2, 0.25) is 0 Å². The van der Waals surface area contributed by atoms with Crippen molar-refractivity contribution in [3.63, 3.8) is 0 Å². The van der Waals surface area contributed by atoms with Gasteiger partial charge in [-0.05, 0) is 32.1 Å². The maximum Gasteiger partial charge on any atom is 0.359 e. The summed E-state index contributed by atoms with van der Waals surface area (Å²) in [7, 11) is 3.82. The molecule has 0 aliphatic carbocycles. The zero-order valence-electron chi connectivity index (χ0n) is 22.9. The molecule has 0 aromatic heterocycles. The summed E-state index contributed by atoms with van der Waals surface area (Å²) in [6, 6.07) is 0. The molecule has 0 aliphatic rings. The molecule has 0 rings (SSSR count). The molecule has 0 atom stereocenters. The molecule has 0 aliphatic heterocycles. The normalized spacial score (nSPS) is 11.9. The van der Waals surface area contributed by atoms with Crippen molar-refractivity contribution < 1.29 is 19.2 Å². The fraction of sp³-hybridized carbons (Fsp3) is 0.862. The van der Waals surface area contributed by atoms with E-state index in [1.54, 1.807) is 0 Å². The van der Waals surface area contributed by atoms with E-state index >= 15 is 0 Å². The fourth-order valence-corrected chi connectivity index (χ4v) is 4.33. The second kappa shape index (κ2) is 23.4. The zero-order chi connectivity index (χ0) is 25.3. The molecule has 0 fully saturated rings. The summed E-state index contributed by atoms with van der Waals surface area (Å²) in [5.41, 5.74) is 0. The van der Waals surface area contributed by atoms with Crippen molar-refractivity contribution in [2.24, 2.45) is 0 Å². The Kier molecular flexibility index (Phi) is 22.4. The summed E-state index contributed by atoms with van der Waals surface area (Å²) in [4.78, 5) is 22.7. The van der Waals surface area contributed by atoms with Crippen molar-refractivity contribution in [1.82, 2.24) is 5.32 Å². The van der Waals surface area contributed by atoms with Crippen LogP contribution in [-0.4, -0.2) is 55.2 Å². The summed E-state index contributed by atoms with van der Waals surface area (Å²) in [5.74, 6) is -0.652. The molecule has 1 amide bonds. The highest BCUT2D eigenvalue weighted by atomic mass is 16.4. The highest BCUT2D eigenvalue weighted by Crippen LogP contribution is 2.12. The maximum absolute atomic E-state index is 11.9. The molecule has 0 saturated carbocycles. The van der Waals surface area contributed by atoms with E-state index in [1.165, 1.54) is 96.3 Å². The Labute approximate surface area is 211 Å². The molecule has 0 aromatic carbocycles. The van der Waals surface area contributed by atoms with Crippen molar-refractivity contribution in [2.45, 2.75) is 129 Å². The topological polar surface area (TPSA) is 66.4 Å². The summed E-state index contributed by atoms with van der Waals surface area (Å²) in [5, 5.41) is 11.9. The lowest BCUT2D eigenvalue weighted by Gasteiger charge is -2.27. The number of amides is 1. The monoisotopic (exact) mass is 481 g/mol. The van der Waals surface area contributed by atoms with E-state index in [0.29, 0.717) is 17.4 Å². The number of aliphatic carboxylic acids is 1. The quantitative estimate of drug-likeness (QED) is 0.0819. The molecular formula is C29H57N2O3+. The number of quaternary nitrogens is 1. The van der Waals surface area contributed by atoms with Crippen LogP contribution < -0.4 is 5.32 Å². The van der Waals surface area contributed by atoms with Crippen LogP contribution in [0, 0.1) is 0 Å². The number of carbonyl (C=O) groups is 2. The van der Waals surface area contributed by atoms with E-state index in [4.69, 9.17) is 5.11 Å². The van der Waals surface area contributed by atoms with Crippen LogP contribution in [0.1, 0.15) is 129 Å². The SMILES string of the molecule is CCCCCCCC/C=C\CCCCCCCCCCCC(=O)NCCC[N+](C)(C)CC(=O)O. The number of nitrogens with zero attached hydrogens (tertiary/aromatic N) is 1. The molecule has 0 heterocycles. The van der Waals surface area contributed by atoms with E-state index < -0.39 is 5.97 Å². The maximum atomic E-state index is 11.9. The van der Waals surface area contributed by atoms with Gasteiger partial charge in [0.25, 0.3) is 0 Å². The van der Waals surface area contributed by atoms with Crippen molar-refractivity contribution in [1.29, 1.82) is 0 Å². The number of nitrogens with one attached hydrogen (secondary N) is 1. The predicted molar refractivity (Wildman–Crippen MR) is 145 cm³/mol. The number of carbonyl (C=O) groups excluding carboxylic acids is 1. The standard InChI is InChI=1S/C29H56N2O3/c1-4-5-6-7-8-9-10-11-12-13-14-15-16-17-18-19-20-21-22-24-28(32)30-25-23-26-31(2,3)27-29(33)34/h11-12H,4-10,13-27H2,1-3H3,(H-,30,32,33,34)/p+1/b12-11-. The Hall–Kier alpha value is -1.36. The Morgan fingerprint density at radius 1 is 0.706 bits per heavy atom. The van der Waals surface area contributed by atoms with Crippen LogP contribution in [0.25, 0.3) is 0 Å². The molecule has 2 N–H and O–H groups in total. The van der Waals surface area contributed by atoms with Gasteiger partial charge in [-0.25, -0.2) is 4.79 Å². The van der Waals surface area contributed by atoms with Crippen LogP contribution in [0.3, 0.4) is 0 Å². The van der Waals surface area contributed by atoms with Gasteiger partial charge in [0, 0.05) is 19.4 Å². The molecule has 0 aromatic rings. The molecule has 200 valence electrons. The molecule has 34 heavy (non-hydrogen) atoms. The van der Waals surface area contributed by atoms with Gasteiger partial charge in [-0.2, -0.15) is 0 Å². The van der Waals surface area contributed by atoms with Gasteiger partial charge in [0.15, 0.2) is 6.54 Å². The van der Waals surface area contributed by atoms with E-state index in [-0.39, 0.29) is 12.5 Å². The third-order valence-corrected chi connectivity index (χ3v) is 6.49. The number of hydrogen-bond donors (Lipinski definition) is 2. The lowest BCUT2D eigenvalue weighted by molar-refractivity contribution is -0.883. The van der Waals surface area contributed by atoms with E-state index in [0.717, 1.165) is 25.8 Å². The predicted octanol–water partition coefficient (Wildman–Crippen LogP) is 7.25. The molecule has 0 bridgehead atoms.